The molecule has 0 saturated carbocycles. The van der Waals surface area contributed by atoms with Gasteiger partial charge in [-0.05, 0) is 48.2 Å². The third-order valence-electron chi connectivity index (χ3n) is 5.29. The summed E-state index contributed by atoms with van der Waals surface area (Å²) < 4.78 is 29.5. The second-order valence-electron chi connectivity index (χ2n) is 7.13. The fourth-order valence-electron chi connectivity index (χ4n) is 3.90. The summed E-state index contributed by atoms with van der Waals surface area (Å²) in [6, 6.07) is 18.0. The van der Waals surface area contributed by atoms with E-state index in [0.29, 0.717) is 0 Å². The number of aromatic nitrogens is 2. The van der Waals surface area contributed by atoms with E-state index in [9.17, 15) is 8.78 Å². The Hall–Kier alpha value is -3.21. The maximum atomic E-state index is 14.5. The standard InChI is InChI=1S/C23H19F2N3/c24-18-10-11-21(20(25)14-18)28-23-19(7-3-4-12-26-23)22(27-28)17-9-8-15-5-1-2-6-16(15)13-17/h1-2,5-6,8-11,13-14,26H,3-4,7,12H2. The largest absolute Gasteiger partial charge is 0.370 e. The van der Waals surface area contributed by atoms with E-state index in [-0.39, 0.29) is 5.69 Å². The van der Waals surface area contributed by atoms with Gasteiger partial charge >= 0.3 is 0 Å². The van der Waals surface area contributed by atoms with Crippen molar-refractivity contribution in [2.45, 2.75) is 19.3 Å². The van der Waals surface area contributed by atoms with E-state index in [1.807, 2.05) is 12.1 Å². The molecule has 0 saturated heterocycles. The molecule has 5 rings (SSSR count). The first kappa shape index (κ1) is 16.9. The van der Waals surface area contributed by atoms with E-state index in [4.69, 9.17) is 5.10 Å². The predicted molar refractivity (Wildman–Crippen MR) is 108 cm³/mol. The Morgan fingerprint density at radius 3 is 2.61 bits per heavy atom. The van der Waals surface area contributed by atoms with E-state index in [2.05, 4.69) is 35.6 Å². The van der Waals surface area contributed by atoms with E-state index in [1.165, 1.54) is 17.5 Å². The SMILES string of the molecule is Fc1ccc(-n2nc(-c3ccc4ccccc4c3)c3c2NCCCC3)c(F)c1. The number of nitrogens with zero attached hydrogens (tertiary/aromatic N) is 2. The van der Waals surface area contributed by atoms with Crippen molar-refractivity contribution < 1.29 is 8.78 Å². The van der Waals surface area contributed by atoms with Crippen molar-refractivity contribution in [3.05, 3.63) is 77.9 Å². The molecular formula is C23H19F2N3. The lowest BCUT2D eigenvalue weighted by molar-refractivity contribution is 0.574. The van der Waals surface area contributed by atoms with Crippen LogP contribution in [-0.4, -0.2) is 16.3 Å². The van der Waals surface area contributed by atoms with Crippen molar-refractivity contribution in [2.75, 3.05) is 11.9 Å². The van der Waals surface area contributed by atoms with Crippen molar-refractivity contribution in [3.8, 4) is 16.9 Å². The molecule has 4 aromatic rings. The van der Waals surface area contributed by atoms with Crippen LogP contribution in [0.15, 0.2) is 60.7 Å². The number of benzene rings is 3. The molecule has 0 bridgehead atoms. The Morgan fingerprint density at radius 1 is 0.893 bits per heavy atom. The summed E-state index contributed by atoms with van der Waals surface area (Å²) in [5.74, 6) is -0.421. The summed E-state index contributed by atoms with van der Waals surface area (Å²) in [7, 11) is 0. The van der Waals surface area contributed by atoms with Crippen molar-refractivity contribution in [1.29, 1.82) is 0 Å². The first-order chi connectivity index (χ1) is 13.7. The molecule has 3 nitrogen and oxygen atoms in total. The fourth-order valence-corrected chi connectivity index (χ4v) is 3.90. The monoisotopic (exact) mass is 375 g/mol. The Balaban J connectivity index is 1.72. The molecule has 1 aromatic heterocycles. The van der Waals surface area contributed by atoms with Crippen molar-refractivity contribution in [3.63, 3.8) is 0 Å². The van der Waals surface area contributed by atoms with Crippen molar-refractivity contribution >= 4 is 16.6 Å². The molecule has 5 heteroatoms. The summed E-state index contributed by atoms with van der Waals surface area (Å²) in [6.07, 6.45) is 2.95. The van der Waals surface area contributed by atoms with Crippen LogP contribution in [0.1, 0.15) is 18.4 Å². The summed E-state index contributed by atoms with van der Waals surface area (Å²) >= 11 is 0. The second-order valence-corrected chi connectivity index (χ2v) is 7.13. The van der Waals surface area contributed by atoms with Gasteiger partial charge in [0, 0.05) is 23.7 Å². The van der Waals surface area contributed by atoms with E-state index in [1.54, 1.807) is 4.68 Å². The first-order valence-electron chi connectivity index (χ1n) is 9.51. The van der Waals surface area contributed by atoms with Gasteiger partial charge in [0.1, 0.15) is 17.3 Å². The zero-order chi connectivity index (χ0) is 19.1. The van der Waals surface area contributed by atoms with Gasteiger partial charge in [0.25, 0.3) is 0 Å². The maximum Gasteiger partial charge on any atom is 0.151 e. The summed E-state index contributed by atoms with van der Waals surface area (Å²) in [4.78, 5) is 0. The molecule has 1 N–H and O–H groups in total. The van der Waals surface area contributed by atoms with Gasteiger partial charge in [-0.3, -0.25) is 0 Å². The second kappa shape index (κ2) is 6.75. The average molecular weight is 375 g/mol. The van der Waals surface area contributed by atoms with E-state index < -0.39 is 11.6 Å². The van der Waals surface area contributed by atoms with Gasteiger partial charge in [0.2, 0.25) is 0 Å². The molecule has 0 atom stereocenters. The molecule has 0 fully saturated rings. The molecule has 0 aliphatic carbocycles. The van der Waals surface area contributed by atoms with Gasteiger partial charge < -0.3 is 5.32 Å². The molecule has 3 aromatic carbocycles. The number of hydrogen-bond acceptors (Lipinski definition) is 2. The Morgan fingerprint density at radius 2 is 1.75 bits per heavy atom. The van der Waals surface area contributed by atoms with Gasteiger partial charge in [-0.1, -0.05) is 36.4 Å². The summed E-state index contributed by atoms with van der Waals surface area (Å²) in [5, 5.41) is 10.5. The number of hydrogen-bond donors (Lipinski definition) is 1. The highest BCUT2D eigenvalue weighted by Gasteiger charge is 2.23. The number of nitrogens with one attached hydrogen (secondary N) is 1. The lowest BCUT2D eigenvalue weighted by Crippen LogP contribution is -2.08. The minimum absolute atomic E-state index is 0.249. The van der Waals surface area contributed by atoms with Crippen LogP contribution in [0.25, 0.3) is 27.7 Å². The zero-order valence-electron chi connectivity index (χ0n) is 15.3. The molecule has 140 valence electrons. The third kappa shape index (κ3) is 2.83. The average Bonchev–Trinajstić information content (AvgIpc) is 2.89. The zero-order valence-corrected chi connectivity index (χ0v) is 15.3. The molecule has 1 aliphatic heterocycles. The van der Waals surface area contributed by atoms with E-state index >= 15 is 0 Å². The molecule has 0 amide bonds. The highest BCUT2D eigenvalue weighted by molar-refractivity contribution is 5.87. The Bertz CT molecular complexity index is 1180. The van der Waals surface area contributed by atoms with Gasteiger partial charge in [0.15, 0.2) is 5.82 Å². The van der Waals surface area contributed by atoms with Crippen LogP contribution in [0.5, 0.6) is 0 Å². The number of halogens is 2. The molecular weight excluding hydrogens is 356 g/mol. The number of rotatable bonds is 2. The fraction of sp³-hybridized carbons (Fsp3) is 0.174. The van der Waals surface area contributed by atoms with Gasteiger partial charge in [-0.15, -0.1) is 0 Å². The van der Waals surface area contributed by atoms with Gasteiger partial charge in [0.05, 0.1) is 5.69 Å². The van der Waals surface area contributed by atoms with Crippen LogP contribution in [0.4, 0.5) is 14.6 Å². The molecule has 2 heterocycles. The molecule has 0 radical (unpaired) electrons. The van der Waals surface area contributed by atoms with Crippen LogP contribution in [0.3, 0.4) is 0 Å². The van der Waals surface area contributed by atoms with Crippen LogP contribution >= 0.6 is 0 Å². The maximum absolute atomic E-state index is 14.5. The minimum Gasteiger partial charge on any atom is -0.370 e. The predicted octanol–water partition coefficient (Wildman–Crippen LogP) is 5.72. The van der Waals surface area contributed by atoms with Crippen molar-refractivity contribution in [1.82, 2.24) is 9.78 Å². The molecule has 0 spiro atoms. The lowest BCUT2D eigenvalue weighted by Gasteiger charge is -2.10. The van der Waals surface area contributed by atoms with Gasteiger partial charge in [-0.25, -0.2) is 13.5 Å². The topological polar surface area (TPSA) is 29.9 Å². The molecule has 0 unspecified atom stereocenters. The number of fused-ring (bicyclic) bond motifs is 2. The Kier molecular flexibility index (Phi) is 4.08. The third-order valence-corrected chi connectivity index (χ3v) is 5.29. The molecule has 1 aliphatic rings. The quantitative estimate of drug-likeness (QED) is 0.486. The Labute approximate surface area is 161 Å². The highest BCUT2D eigenvalue weighted by Crippen LogP contribution is 2.35. The number of anilines is 1. The van der Waals surface area contributed by atoms with Crippen LogP contribution in [0, 0.1) is 11.6 Å². The lowest BCUT2D eigenvalue weighted by atomic mass is 10.0. The van der Waals surface area contributed by atoms with Crippen LogP contribution < -0.4 is 5.32 Å². The van der Waals surface area contributed by atoms with Gasteiger partial charge in [-0.2, -0.15) is 5.10 Å². The summed E-state index contributed by atoms with van der Waals surface area (Å²) in [5.41, 5.74) is 3.18. The first-order valence-corrected chi connectivity index (χ1v) is 9.51. The smallest absolute Gasteiger partial charge is 0.151 e. The summed E-state index contributed by atoms with van der Waals surface area (Å²) in [6.45, 7) is 0.804. The highest BCUT2D eigenvalue weighted by atomic mass is 19.1. The minimum atomic E-state index is -0.624. The molecule has 28 heavy (non-hydrogen) atoms. The van der Waals surface area contributed by atoms with Crippen LogP contribution in [0.2, 0.25) is 0 Å². The van der Waals surface area contributed by atoms with Crippen LogP contribution in [-0.2, 0) is 6.42 Å². The van der Waals surface area contributed by atoms with E-state index in [0.717, 1.165) is 59.9 Å². The normalized spacial score (nSPS) is 13.8. The van der Waals surface area contributed by atoms with Crippen molar-refractivity contribution in [2.24, 2.45) is 0 Å².